The zero-order valence-corrected chi connectivity index (χ0v) is 15.1. The molecule has 0 radical (unpaired) electrons. The second kappa shape index (κ2) is 8.96. The number of hydrogen-bond donors (Lipinski definition) is 1. The Morgan fingerprint density at radius 1 is 1.27 bits per heavy atom. The zero-order valence-electron chi connectivity index (χ0n) is 15.1. The van der Waals surface area contributed by atoms with Crippen molar-refractivity contribution >= 4 is 17.3 Å². The summed E-state index contributed by atoms with van der Waals surface area (Å²) in [5.41, 5.74) is 1.41. The molecular formula is C19H23N3O4. The second-order valence-corrected chi connectivity index (χ2v) is 6.07. The standard InChI is InChI=1S/C19H23N3O4/c1-14-7-4-5-10-18(14)26-12-11-21(3)15(2)19(23)20-16-8-6-9-17(13-16)22(24)25/h4-10,13,15H,11-12H2,1-3H3,(H,20,23). The summed E-state index contributed by atoms with van der Waals surface area (Å²) in [7, 11) is 1.83. The molecule has 0 heterocycles. The van der Waals surface area contributed by atoms with Crippen molar-refractivity contribution in [2.75, 3.05) is 25.5 Å². The molecule has 2 aromatic carbocycles. The predicted octanol–water partition coefficient (Wildman–Crippen LogP) is 3.24. The molecule has 1 amide bonds. The summed E-state index contributed by atoms with van der Waals surface area (Å²) in [6.45, 7) is 4.78. The fourth-order valence-electron chi connectivity index (χ4n) is 2.36. The van der Waals surface area contributed by atoms with Crippen LogP contribution in [0.15, 0.2) is 48.5 Å². The van der Waals surface area contributed by atoms with E-state index in [2.05, 4.69) is 5.32 Å². The van der Waals surface area contributed by atoms with Crippen molar-refractivity contribution < 1.29 is 14.5 Å². The fourth-order valence-corrected chi connectivity index (χ4v) is 2.36. The number of rotatable bonds is 8. The van der Waals surface area contributed by atoms with Crippen molar-refractivity contribution in [2.45, 2.75) is 19.9 Å². The molecule has 0 bridgehead atoms. The monoisotopic (exact) mass is 357 g/mol. The number of nitrogens with one attached hydrogen (secondary N) is 1. The maximum absolute atomic E-state index is 12.4. The molecule has 0 saturated carbocycles. The second-order valence-electron chi connectivity index (χ2n) is 6.07. The lowest BCUT2D eigenvalue weighted by Crippen LogP contribution is -2.41. The van der Waals surface area contributed by atoms with E-state index in [0.29, 0.717) is 18.8 Å². The molecule has 1 atom stereocenters. The van der Waals surface area contributed by atoms with Gasteiger partial charge in [0.05, 0.1) is 11.0 Å². The molecule has 2 rings (SSSR count). The summed E-state index contributed by atoms with van der Waals surface area (Å²) >= 11 is 0. The van der Waals surface area contributed by atoms with Crippen LogP contribution in [0.1, 0.15) is 12.5 Å². The number of amides is 1. The van der Waals surface area contributed by atoms with E-state index < -0.39 is 11.0 Å². The van der Waals surface area contributed by atoms with E-state index in [4.69, 9.17) is 4.74 Å². The first-order valence-corrected chi connectivity index (χ1v) is 8.32. The minimum Gasteiger partial charge on any atom is -0.492 e. The van der Waals surface area contributed by atoms with Crippen molar-refractivity contribution in [3.8, 4) is 5.75 Å². The Morgan fingerprint density at radius 3 is 2.69 bits per heavy atom. The van der Waals surface area contributed by atoms with Gasteiger partial charge in [0, 0.05) is 24.4 Å². The summed E-state index contributed by atoms with van der Waals surface area (Å²) in [5, 5.41) is 13.5. The Balaban J connectivity index is 1.86. The van der Waals surface area contributed by atoms with Crippen LogP contribution in [0.3, 0.4) is 0 Å². The summed E-state index contributed by atoms with van der Waals surface area (Å²) in [6, 6.07) is 13.2. The Labute approximate surface area is 152 Å². The number of para-hydroxylation sites is 1. The molecule has 7 nitrogen and oxygen atoms in total. The van der Waals surface area contributed by atoms with Crippen molar-refractivity contribution in [2.24, 2.45) is 0 Å². The van der Waals surface area contributed by atoms with Crippen LogP contribution < -0.4 is 10.1 Å². The fraction of sp³-hybridized carbons (Fsp3) is 0.316. The van der Waals surface area contributed by atoms with Crippen molar-refractivity contribution in [3.63, 3.8) is 0 Å². The number of anilines is 1. The third-order valence-electron chi connectivity index (χ3n) is 4.16. The number of aryl methyl sites for hydroxylation is 1. The van der Waals surface area contributed by atoms with E-state index in [1.165, 1.54) is 18.2 Å². The number of likely N-dealkylation sites (N-methyl/N-ethyl adjacent to an activating group) is 1. The predicted molar refractivity (Wildman–Crippen MR) is 100 cm³/mol. The molecule has 0 aliphatic carbocycles. The van der Waals surface area contributed by atoms with Gasteiger partial charge in [-0.2, -0.15) is 0 Å². The van der Waals surface area contributed by atoms with E-state index >= 15 is 0 Å². The molecular weight excluding hydrogens is 334 g/mol. The first-order chi connectivity index (χ1) is 12.4. The first kappa shape index (κ1) is 19.4. The van der Waals surface area contributed by atoms with E-state index in [1.807, 2.05) is 43.1 Å². The van der Waals surface area contributed by atoms with Gasteiger partial charge in [-0.25, -0.2) is 0 Å². The molecule has 0 aromatic heterocycles. The minimum absolute atomic E-state index is 0.0598. The molecule has 1 unspecified atom stereocenters. The lowest BCUT2D eigenvalue weighted by atomic mass is 10.2. The van der Waals surface area contributed by atoms with Gasteiger partial charge in [0.15, 0.2) is 0 Å². The van der Waals surface area contributed by atoms with Crippen LogP contribution in [-0.2, 0) is 4.79 Å². The van der Waals surface area contributed by atoms with Gasteiger partial charge in [-0.3, -0.25) is 19.8 Å². The average Bonchev–Trinajstić information content (AvgIpc) is 2.62. The molecule has 138 valence electrons. The zero-order chi connectivity index (χ0) is 19.1. The van der Waals surface area contributed by atoms with Crippen LogP contribution >= 0.6 is 0 Å². The number of carbonyl (C=O) groups is 1. The molecule has 0 aliphatic rings. The maximum atomic E-state index is 12.4. The van der Waals surface area contributed by atoms with Gasteiger partial charge in [-0.05, 0) is 38.6 Å². The Bertz CT molecular complexity index is 779. The van der Waals surface area contributed by atoms with E-state index in [0.717, 1.165) is 11.3 Å². The number of benzene rings is 2. The number of non-ortho nitro benzene ring substituents is 1. The van der Waals surface area contributed by atoms with Gasteiger partial charge < -0.3 is 10.1 Å². The summed E-state index contributed by atoms with van der Waals surface area (Å²) in [6.07, 6.45) is 0. The van der Waals surface area contributed by atoms with Crippen LogP contribution in [0.5, 0.6) is 5.75 Å². The van der Waals surface area contributed by atoms with Gasteiger partial charge in [-0.15, -0.1) is 0 Å². The highest BCUT2D eigenvalue weighted by Gasteiger charge is 2.19. The topological polar surface area (TPSA) is 84.7 Å². The van der Waals surface area contributed by atoms with Crippen LogP contribution in [-0.4, -0.2) is 42.0 Å². The van der Waals surface area contributed by atoms with Crippen LogP contribution in [0.2, 0.25) is 0 Å². The SMILES string of the molecule is Cc1ccccc1OCCN(C)C(C)C(=O)Nc1cccc([N+](=O)[O-])c1. The van der Waals surface area contributed by atoms with Crippen LogP contribution in [0.25, 0.3) is 0 Å². The molecule has 26 heavy (non-hydrogen) atoms. The summed E-state index contributed by atoms with van der Waals surface area (Å²) in [5.74, 6) is 0.596. The molecule has 2 aromatic rings. The third kappa shape index (κ3) is 5.29. The number of nitrogens with zero attached hydrogens (tertiary/aromatic N) is 2. The van der Waals surface area contributed by atoms with Gasteiger partial charge in [0.2, 0.25) is 5.91 Å². The van der Waals surface area contributed by atoms with E-state index in [1.54, 1.807) is 13.0 Å². The third-order valence-corrected chi connectivity index (χ3v) is 4.16. The smallest absolute Gasteiger partial charge is 0.271 e. The number of hydrogen-bond acceptors (Lipinski definition) is 5. The van der Waals surface area contributed by atoms with Crippen molar-refractivity contribution in [3.05, 3.63) is 64.2 Å². The van der Waals surface area contributed by atoms with Crippen molar-refractivity contribution in [1.82, 2.24) is 4.90 Å². The minimum atomic E-state index is -0.492. The van der Waals surface area contributed by atoms with Gasteiger partial charge in [0.1, 0.15) is 12.4 Å². The first-order valence-electron chi connectivity index (χ1n) is 8.32. The number of carbonyl (C=O) groups excluding carboxylic acids is 1. The quantitative estimate of drug-likeness (QED) is 0.579. The number of nitro groups is 1. The lowest BCUT2D eigenvalue weighted by molar-refractivity contribution is -0.384. The normalized spacial score (nSPS) is 11.8. The maximum Gasteiger partial charge on any atom is 0.271 e. The van der Waals surface area contributed by atoms with Crippen molar-refractivity contribution in [1.29, 1.82) is 0 Å². The van der Waals surface area contributed by atoms with Gasteiger partial charge in [0.25, 0.3) is 5.69 Å². The average molecular weight is 357 g/mol. The molecule has 7 heteroatoms. The summed E-state index contributed by atoms with van der Waals surface area (Å²) in [4.78, 5) is 24.5. The van der Waals surface area contributed by atoms with Crippen LogP contribution in [0.4, 0.5) is 11.4 Å². The highest BCUT2D eigenvalue weighted by Crippen LogP contribution is 2.18. The Morgan fingerprint density at radius 2 is 2.00 bits per heavy atom. The summed E-state index contributed by atoms with van der Waals surface area (Å²) < 4.78 is 5.75. The number of ether oxygens (including phenoxy) is 1. The molecule has 1 N–H and O–H groups in total. The Hall–Kier alpha value is -2.93. The largest absolute Gasteiger partial charge is 0.492 e. The highest BCUT2D eigenvalue weighted by molar-refractivity contribution is 5.94. The highest BCUT2D eigenvalue weighted by atomic mass is 16.6. The van der Waals surface area contributed by atoms with Gasteiger partial charge >= 0.3 is 0 Å². The molecule has 0 saturated heterocycles. The number of nitro benzene ring substituents is 1. The molecule has 0 spiro atoms. The van der Waals surface area contributed by atoms with E-state index in [-0.39, 0.29) is 11.6 Å². The Kier molecular flexibility index (Phi) is 6.68. The molecule has 0 aliphatic heterocycles. The van der Waals surface area contributed by atoms with Crippen LogP contribution in [0, 0.1) is 17.0 Å². The molecule has 0 fully saturated rings. The lowest BCUT2D eigenvalue weighted by Gasteiger charge is -2.24. The van der Waals surface area contributed by atoms with E-state index in [9.17, 15) is 14.9 Å². The van der Waals surface area contributed by atoms with Gasteiger partial charge in [-0.1, -0.05) is 24.3 Å².